The van der Waals surface area contributed by atoms with Crippen LogP contribution in [0.2, 0.25) is 0 Å². The minimum Gasteiger partial charge on any atom is -0.490 e. The zero-order valence-corrected chi connectivity index (χ0v) is 24.1. The SMILES string of the molecule is CCCCN1C(=O)[C@@H](CC2(O)CCCCC2)NC(=O)C12CCN(C/C=C/COc1ccc(C(=O)NC)cc1)CC2. The Labute approximate surface area is 238 Å². The number of amides is 3. The van der Waals surface area contributed by atoms with E-state index in [4.69, 9.17) is 4.74 Å². The number of ether oxygens (including phenoxy) is 1. The largest absolute Gasteiger partial charge is 0.490 e. The van der Waals surface area contributed by atoms with Gasteiger partial charge in [0, 0.05) is 45.2 Å². The van der Waals surface area contributed by atoms with Crippen molar-refractivity contribution in [2.75, 3.05) is 39.8 Å². The number of hydrogen-bond donors (Lipinski definition) is 3. The molecule has 3 aliphatic rings. The molecule has 0 unspecified atom stereocenters. The highest BCUT2D eigenvalue weighted by atomic mass is 16.5. The Hall–Kier alpha value is -2.91. The van der Waals surface area contributed by atoms with Gasteiger partial charge in [-0.15, -0.1) is 0 Å². The van der Waals surface area contributed by atoms with Crippen molar-refractivity contribution in [3.63, 3.8) is 0 Å². The van der Waals surface area contributed by atoms with E-state index in [0.717, 1.165) is 51.7 Å². The Morgan fingerprint density at radius 2 is 1.80 bits per heavy atom. The minimum absolute atomic E-state index is 0.0269. The number of piperidine rings is 1. The second-order valence-corrected chi connectivity index (χ2v) is 11.6. The monoisotopic (exact) mass is 554 g/mol. The fraction of sp³-hybridized carbons (Fsp3) is 0.645. The third-order valence-corrected chi connectivity index (χ3v) is 8.82. The maximum absolute atomic E-state index is 13.7. The Morgan fingerprint density at radius 1 is 1.10 bits per heavy atom. The Morgan fingerprint density at radius 3 is 2.45 bits per heavy atom. The van der Waals surface area contributed by atoms with Gasteiger partial charge in [-0.25, -0.2) is 0 Å². The normalized spacial score (nSPS) is 22.9. The van der Waals surface area contributed by atoms with Gasteiger partial charge in [-0.2, -0.15) is 0 Å². The van der Waals surface area contributed by atoms with E-state index in [9.17, 15) is 19.5 Å². The number of nitrogens with one attached hydrogen (secondary N) is 2. The highest BCUT2D eigenvalue weighted by Crippen LogP contribution is 2.37. The first-order valence-electron chi connectivity index (χ1n) is 15.0. The molecule has 1 spiro atoms. The molecule has 0 bridgehead atoms. The van der Waals surface area contributed by atoms with Crippen LogP contribution in [-0.2, 0) is 9.59 Å². The van der Waals surface area contributed by atoms with Crippen molar-refractivity contribution in [3.05, 3.63) is 42.0 Å². The summed E-state index contributed by atoms with van der Waals surface area (Å²) < 4.78 is 5.75. The number of hydrogen-bond acceptors (Lipinski definition) is 6. The fourth-order valence-electron chi connectivity index (χ4n) is 6.33. The summed E-state index contributed by atoms with van der Waals surface area (Å²) in [5, 5.41) is 16.7. The van der Waals surface area contributed by atoms with Gasteiger partial charge in [-0.05, 0) is 56.4 Å². The number of likely N-dealkylation sites (tertiary alicyclic amines) is 1. The third-order valence-electron chi connectivity index (χ3n) is 8.82. The lowest BCUT2D eigenvalue weighted by Crippen LogP contribution is -2.73. The van der Waals surface area contributed by atoms with Crippen molar-refractivity contribution < 1.29 is 24.2 Å². The molecule has 220 valence electrons. The van der Waals surface area contributed by atoms with Crippen molar-refractivity contribution in [1.29, 1.82) is 0 Å². The van der Waals surface area contributed by atoms with E-state index < -0.39 is 17.2 Å². The van der Waals surface area contributed by atoms with Crippen molar-refractivity contribution in [1.82, 2.24) is 20.4 Å². The van der Waals surface area contributed by atoms with E-state index in [1.165, 1.54) is 0 Å². The molecule has 1 aromatic rings. The molecule has 2 aliphatic heterocycles. The van der Waals surface area contributed by atoms with Crippen molar-refractivity contribution in [2.45, 2.75) is 88.3 Å². The van der Waals surface area contributed by atoms with Crippen LogP contribution >= 0.6 is 0 Å². The standard InChI is InChI=1S/C31H46N4O5/c1-3-4-19-35-28(37)26(23-30(39)14-6-5-7-15-30)33-29(38)31(35)16-20-34(21-17-31)18-8-9-22-40-25-12-10-24(11-13-25)27(36)32-2/h8-13,26,39H,3-7,14-23H2,1-2H3,(H,32,36)(H,33,38)/b9-8+/t26-/m1/s1. The molecule has 3 amide bonds. The van der Waals surface area contributed by atoms with E-state index in [1.807, 2.05) is 11.0 Å². The van der Waals surface area contributed by atoms with Gasteiger partial charge in [0.2, 0.25) is 11.8 Å². The Bertz CT molecular complexity index is 1040. The predicted molar refractivity (Wildman–Crippen MR) is 154 cm³/mol. The average Bonchev–Trinajstić information content (AvgIpc) is 2.97. The molecule has 2 heterocycles. The second-order valence-electron chi connectivity index (χ2n) is 11.6. The van der Waals surface area contributed by atoms with Crippen LogP contribution in [0.1, 0.15) is 81.5 Å². The molecule has 0 aromatic heterocycles. The summed E-state index contributed by atoms with van der Waals surface area (Å²) in [6.07, 6.45) is 11.8. The third kappa shape index (κ3) is 7.04. The number of carbonyl (C=O) groups excluding carboxylic acids is 3. The van der Waals surface area contributed by atoms with Crippen molar-refractivity contribution in [2.24, 2.45) is 0 Å². The number of unbranched alkanes of at least 4 members (excludes halogenated alkanes) is 1. The maximum atomic E-state index is 13.7. The molecule has 0 radical (unpaired) electrons. The number of piperazine rings is 1. The molecule has 1 saturated carbocycles. The molecule has 9 heteroatoms. The molecule has 9 nitrogen and oxygen atoms in total. The summed E-state index contributed by atoms with van der Waals surface area (Å²) in [5.41, 5.74) is -1.07. The summed E-state index contributed by atoms with van der Waals surface area (Å²) in [5.74, 6) is 0.488. The fourth-order valence-corrected chi connectivity index (χ4v) is 6.33. The Balaban J connectivity index is 1.29. The van der Waals surface area contributed by atoms with Crippen molar-refractivity contribution >= 4 is 17.7 Å². The first kappa shape index (κ1) is 30.1. The van der Waals surface area contributed by atoms with Crippen LogP contribution < -0.4 is 15.4 Å². The number of rotatable bonds is 11. The van der Waals surface area contributed by atoms with Gasteiger partial charge in [0.25, 0.3) is 5.91 Å². The minimum atomic E-state index is -0.860. The van der Waals surface area contributed by atoms with E-state index in [2.05, 4.69) is 28.5 Å². The lowest BCUT2D eigenvalue weighted by Gasteiger charge is -2.52. The van der Waals surface area contributed by atoms with E-state index in [0.29, 0.717) is 56.6 Å². The van der Waals surface area contributed by atoms with Gasteiger partial charge < -0.3 is 25.4 Å². The number of nitrogens with zero attached hydrogens (tertiary/aromatic N) is 2. The summed E-state index contributed by atoms with van der Waals surface area (Å²) in [4.78, 5) is 43.1. The quantitative estimate of drug-likeness (QED) is 0.363. The van der Waals surface area contributed by atoms with Gasteiger partial charge in [0.15, 0.2) is 0 Å². The van der Waals surface area contributed by atoms with Crippen LogP contribution in [0.3, 0.4) is 0 Å². The van der Waals surface area contributed by atoms with Crippen LogP contribution in [0.4, 0.5) is 0 Å². The molecule has 1 aliphatic carbocycles. The topological polar surface area (TPSA) is 111 Å². The summed E-state index contributed by atoms with van der Waals surface area (Å²) >= 11 is 0. The first-order valence-corrected chi connectivity index (χ1v) is 15.0. The van der Waals surface area contributed by atoms with Crippen LogP contribution in [0, 0.1) is 0 Å². The Kier molecular flexibility index (Phi) is 10.2. The molecular formula is C31H46N4O5. The smallest absolute Gasteiger partial charge is 0.251 e. The van der Waals surface area contributed by atoms with Crippen LogP contribution in [0.15, 0.2) is 36.4 Å². The number of aliphatic hydroxyl groups is 1. The zero-order chi connectivity index (χ0) is 28.6. The highest BCUT2D eigenvalue weighted by molar-refractivity contribution is 6.00. The van der Waals surface area contributed by atoms with E-state index in [1.54, 1.807) is 31.3 Å². The lowest BCUT2D eigenvalue weighted by atomic mass is 9.77. The predicted octanol–water partition coefficient (Wildman–Crippen LogP) is 3.03. The van der Waals surface area contributed by atoms with Gasteiger partial charge in [0.1, 0.15) is 23.9 Å². The zero-order valence-electron chi connectivity index (χ0n) is 24.1. The van der Waals surface area contributed by atoms with Gasteiger partial charge in [-0.3, -0.25) is 19.3 Å². The molecule has 3 fully saturated rings. The first-order chi connectivity index (χ1) is 19.3. The van der Waals surface area contributed by atoms with Gasteiger partial charge in [0.05, 0.1) is 5.60 Å². The van der Waals surface area contributed by atoms with E-state index in [-0.39, 0.29) is 17.7 Å². The highest BCUT2D eigenvalue weighted by Gasteiger charge is 2.54. The average molecular weight is 555 g/mol. The van der Waals surface area contributed by atoms with Crippen LogP contribution in [0.25, 0.3) is 0 Å². The lowest BCUT2D eigenvalue weighted by molar-refractivity contribution is -0.163. The number of benzene rings is 1. The summed E-state index contributed by atoms with van der Waals surface area (Å²) in [7, 11) is 1.60. The molecule has 3 N–H and O–H groups in total. The molecule has 1 atom stereocenters. The van der Waals surface area contributed by atoms with Gasteiger partial charge in [-0.1, -0.05) is 44.8 Å². The maximum Gasteiger partial charge on any atom is 0.251 e. The van der Waals surface area contributed by atoms with Crippen LogP contribution in [0.5, 0.6) is 5.75 Å². The molecule has 1 aromatic carbocycles. The summed E-state index contributed by atoms with van der Waals surface area (Å²) in [6, 6.07) is 6.39. The van der Waals surface area contributed by atoms with E-state index >= 15 is 0 Å². The van der Waals surface area contributed by atoms with Crippen LogP contribution in [-0.4, -0.2) is 89.6 Å². The second kappa shape index (κ2) is 13.6. The van der Waals surface area contributed by atoms with Gasteiger partial charge >= 0.3 is 0 Å². The molecule has 40 heavy (non-hydrogen) atoms. The molecular weight excluding hydrogens is 508 g/mol. The number of carbonyl (C=O) groups is 3. The van der Waals surface area contributed by atoms with Crippen molar-refractivity contribution in [3.8, 4) is 5.75 Å². The molecule has 2 saturated heterocycles. The molecule has 4 rings (SSSR count). The summed E-state index contributed by atoms with van der Waals surface area (Å²) in [6.45, 7) is 5.30.